The molecule has 0 saturated heterocycles. The number of nitro benzene ring substituents is 1. The zero-order valence-corrected chi connectivity index (χ0v) is 12.1. The van der Waals surface area contributed by atoms with Gasteiger partial charge in [-0.3, -0.25) is 14.9 Å². The summed E-state index contributed by atoms with van der Waals surface area (Å²) in [5.74, 6) is -1.38. The second kappa shape index (κ2) is 6.47. The molecule has 1 aromatic rings. The van der Waals surface area contributed by atoms with E-state index in [1.807, 2.05) is 0 Å². The number of sulfone groups is 1. The molecule has 0 radical (unpaired) electrons. The van der Waals surface area contributed by atoms with Gasteiger partial charge in [0.05, 0.1) is 10.7 Å². The lowest BCUT2D eigenvalue weighted by Gasteiger charge is -2.06. The number of amides is 1. The topological polar surface area (TPSA) is 106 Å². The Bertz CT molecular complexity index is 625. The van der Waals surface area contributed by atoms with Crippen LogP contribution in [0, 0.1) is 17.0 Å². The molecule has 0 atom stereocenters. The lowest BCUT2D eigenvalue weighted by molar-refractivity contribution is -0.385. The molecule has 0 saturated carbocycles. The summed E-state index contributed by atoms with van der Waals surface area (Å²) in [7, 11) is -3.43. The molecule has 0 heterocycles. The third-order valence-corrected chi connectivity index (χ3v) is 4.29. The zero-order valence-electron chi connectivity index (χ0n) is 11.3. The Hall–Kier alpha value is -1.96. The monoisotopic (exact) mass is 300 g/mol. The van der Waals surface area contributed by atoms with Gasteiger partial charge in [-0.25, -0.2) is 8.42 Å². The Labute approximate surface area is 117 Å². The summed E-state index contributed by atoms with van der Waals surface area (Å²) >= 11 is 0. The first-order chi connectivity index (χ1) is 9.25. The van der Waals surface area contributed by atoms with Crippen molar-refractivity contribution in [2.45, 2.75) is 20.3 Å². The largest absolute Gasteiger partial charge is 0.325 e. The molecule has 1 N–H and O–H groups in total. The van der Waals surface area contributed by atoms with Crippen LogP contribution in [0.1, 0.15) is 18.9 Å². The second-order valence-electron chi connectivity index (χ2n) is 4.40. The van der Waals surface area contributed by atoms with Gasteiger partial charge in [0.25, 0.3) is 5.69 Å². The molecule has 1 amide bonds. The van der Waals surface area contributed by atoms with Gasteiger partial charge in [0.2, 0.25) is 5.91 Å². The van der Waals surface area contributed by atoms with E-state index in [9.17, 15) is 23.3 Å². The van der Waals surface area contributed by atoms with Crippen LogP contribution < -0.4 is 5.32 Å². The van der Waals surface area contributed by atoms with Gasteiger partial charge in [-0.15, -0.1) is 0 Å². The van der Waals surface area contributed by atoms with Crippen LogP contribution in [0.3, 0.4) is 0 Å². The maximum Gasteiger partial charge on any atom is 0.274 e. The van der Waals surface area contributed by atoms with E-state index in [0.29, 0.717) is 12.0 Å². The fourth-order valence-electron chi connectivity index (χ4n) is 1.66. The highest BCUT2D eigenvalue weighted by Gasteiger charge is 2.17. The van der Waals surface area contributed by atoms with Gasteiger partial charge < -0.3 is 5.32 Å². The van der Waals surface area contributed by atoms with Crippen LogP contribution in [0.4, 0.5) is 11.4 Å². The zero-order chi connectivity index (χ0) is 15.3. The molecule has 0 bridgehead atoms. The van der Waals surface area contributed by atoms with Gasteiger partial charge in [0.15, 0.2) is 9.84 Å². The summed E-state index contributed by atoms with van der Waals surface area (Å²) < 4.78 is 23.0. The molecule has 0 fully saturated rings. The average Bonchev–Trinajstić information content (AvgIpc) is 2.30. The van der Waals surface area contributed by atoms with Crippen LogP contribution in [-0.2, 0) is 14.6 Å². The first-order valence-corrected chi connectivity index (χ1v) is 7.82. The minimum atomic E-state index is -3.43. The molecule has 110 valence electrons. The predicted octanol–water partition coefficient (Wildman–Crippen LogP) is 1.67. The van der Waals surface area contributed by atoms with E-state index >= 15 is 0 Å². The summed E-state index contributed by atoms with van der Waals surface area (Å²) in [6.45, 7) is 3.29. The molecule has 0 aliphatic carbocycles. The number of nitro groups is 1. The molecule has 7 nitrogen and oxygen atoms in total. The van der Waals surface area contributed by atoms with Crippen LogP contribution in [0.5, 0.6) is 0 Å². The molecule has 20 heavy (non-hydrogen) atoms. The molecule has 8 heteroatoms. The van der Waals surface area contributed by atoms with Crippen molar-refractivity contribution in [3.05, 3.63) is 33.9 Å². The lowest BCUT2D eigenvalue weighted by Crippen LogP contribution is -2.24. The Morgan fingerprint density at radius 1 is 1.40 bits per heavy atom. The van der Waals surface area contributed by atoms with Crippen molar-refractivity contribution in [1.29, 1.82) is 0 Å². The van der Waals surface area contributed by atoms with Crippen LogP contribution in [0.2, 0.25) is 0 Å². The Kier molecular flexibility index (Phi) is 5.20. The molecular formula is C12H16N2O5S. The van der Waals surface area contributed by atoms with Crippen LogP contribution >= 0.6 is 0 Å². The molecule has 1 rings (SSSR count). The van der Waals surface area contributed by atoms with E-state index in [-0.39, 0.29) is 17.1 Å². The maximum atomic E-state index is 11.6. The summed E-state index contributed by atoms with van der Waals surface area (Å²) in [5.41, 5.74) is 0.546. The normalized spacial score (nSPS) is 11.1. The molecule has 0 aromatic heterocycles. The first-order valence-electron chi connectivity index (χ1n) is 6.00. The highest BCUT2D eigenvalue weighted by atomic mass is 32.2. The third kappa shape index (κ3) is 4.61. The minimum absolute atomic E-state index is 0.0610. The third-order valence-electron chi connectivity index (χ3n) is 2.56. The van der Waals surface area contributed by atoms with Crippen molar-refractivity contribution in [1.82, 2.24) is 0 Å². The Morgan fingerprint density at radius 2 is 2.05 bits per heavy atom. The summed E-state index contributed by atoms with van der Waals surface area (Å²) in [6.07, 6.45) is 0.436. The Morgan fingerprint density at radius 3 is 2.60 bits per heavy atom. The lowest BCUT2D eigenvalue weighted by atomic mass is 10.2. The fraction of sp³-hybridized carbons (Fsp3) is 0.417. The number of carbonyl (C=O) groups is 1. The van der Waals surface area contributed by atoms with Gasteiger partial charge in [0, 0.05) is 17.3 Å². The van der Waals surface area contributed by atoms with E-state index in [1.165, 1.54) is 18.2 Å². The number of nitrogens with zero attached hydrogens (tertiary/aromatic N) is 1. The van der Waals surface area contributed by atoms with Gasteiger partial charge in [-0.05, 0) is 19.4 Å². The van der Waals surface area contributed by atoms with Gasteiger partial charge in [0.1, 0.15) is 5.75 Å². The number of aryl methyl sites for hydroxylation is 1. The van der Waals surface area contributed by atoms with Gasteiger partial charge in [-0.2, -0.15) is 0 Å². The molecular weight excluding hydrogens is 284 g/mol. The first kappa shape index (κ1) is 16.1. The number of benzene rings is 1. The molecule has 0 aliphatic rings. The quantitative estimate of drug-likeness (QED) is 0.635. The summed E-state index contributed by atoms with van der Waals surface area (Å²) in [4.78, 5) is 21.8. The number of nitrogens with one attached hydrogen (secondary N) is 1. The smallest absolute Gasteiger partial charge is 0.274 e. The van der Waals surface area contributed by atoms with E-state index < -0.39 is 26.4 Å². The standard InChI is InChI=1S/C12H16N2O5S/c1-3-6-20(18,19)8-12(15)13-10-5-4-9(2)11(7-10)14(16)17/h4-5,7H,3,6,8H2,1-2H3,(H,13,15). The van der Waals surface area contributed by atoms with Crippen molar-refractivity contribution in [2.75, 3.05) is 16.8 Å². The fourth-order valence-corrected chi connectivity index (χ4v) is 2.90. The van der Waals surface area contributed by atoms with Crippen LogP contribution in [-0.4, -0.2) is 30.8 Å². The molecule has 0 unspecified atom stereocenters. The highest BCUT2D eigenvalue weighted by Crippen LogP contribution is 2.22. The number of hydrogen-bond acceptors (Lipinski definition) is 5. The summed E-state index contributed by atoms with van der Waals surface area (Å²) in [6, 6.07) is 4.20. The van der Waals surface area contributed by atoms with E-state index in [1.54, 1.807) is 13.8 Å². The van der Waals surface area contributed by atoms with Crippen molar-refractivity contribution in [3.63, 3.8) is 0 Å². The number of carbonyl (C=O) groups excluding carboxylic acids is 1. The van der Waals surface area contributed by atoms with Gasteiger partial charge in [-0.1, -0.05) is 13.0 Å². The number of hydrogen-bond donors (Lipinski definition) is 1. The van der Waals surface area contributed by atoms with E-state index in [4.69, 9.17) is 0 Å². The highest BCUT2D eigenvalue weighted by molar-refractivity contribution is 7.92. The van der Waals surface area contributed by atoms with Crippen molar-refractivity contribution >= 4 is 27.1 Å². The van der Waals surface area contributed by atoms with E-state index in [0.717, 1.165) is 0 Å². The Balaban J connectivity index is 2.82. The van der Waals surface area contributed by atoms with Gasteiger partial charge >= 0.3 is 0 Å². The van der Waals surface area contributed by atoms with Crippen molar-refractivity contribution < 1.29 is 18.1 Å². The maximum absolute atomic E-state index is 11.6. The minimum Gasteiger partial charge on any atom is -0.325 e. The molecule has 0 spiro atoms. The number of anilines is 1. The van der Waals surface area contributed by atoms with Crippen molar-refractivity contribution in [2.24, 2.45) is 0 Å². The van der Waals surface area contributed by atoms with E-state index in [2.05, 4.69) is 5.32 Å². The molecule has 0 aliphatic heterocycles. The second-order valence-corrected chi connectivity index (χ2v) is 6.58. The predicted molar refractivity (Wildman–Crippen MR) is 75.4 cm³/mol. The van der Waals surface area contributed by atoms with Crippen LogP contribution in [0.15, 0.2) is 18.2 Å². The SMILES string of the molecule is CCCS(=O)(=O)CC(=O)Nc1ccc(C)c([N+](=O)[O-])c1. The number of rotatable bonds is 6. The van der Waals surface area contributed by atoms with Crippen LogP contribution in [0.25, 0.3) is 0 Å². The molecule has 1 aromatic carbocycles. The summed E-state index contributed by atoms with van der Waals surface area (Å²) in [5, 5.41) is 13.1. The van der Waals surface area contributed by atoms with Crippen molar-refractivity contribution in [3.8, 4) is 0 Å². The average molecular weight is 300 g/mol.